The molecule has 1 fully saturated rings. The van der Waals surface area contributed by atoms with Gasteiger partial charge in [-0.1, -0.05) is 13.3 Å². The Kier molecular flexibility index (Phi) is 4.29. The van der Waals surface area contributed by atoms with Gasteiger partial charge in [-0.25, -0.2) is 0 Å². The van der Waals surface area contributed by atoms with E-state index in [1.54, 1.807) is 0 Å². The minimum atomic E-state index is 0. The summed E-state index contributed by atoms with van der Waals surface area (Å²) in [7, 11) is 0. The van der Waals surface area contributed by atoms with Crippen molar-refractivity contribution in [3.63, 3.8) is 0 Å². The van der Waals surface area contributed by atoms with Crippen LogP contribution in [0.3, 0.4) is 0 Å². The molecule has 1 rings (SSSR count). The predicted octanol–water partition coefficient (Wildman–Crippen LogP) is 1.57. The Morgan fingerprint density at radius 1 is 1.50 bits per heavy atom. The van der Waals surface area contributed by atoms with Crippen molar-refractivity contribution in [2.75, 3.05) is 6.54 Å². The molecule has 0 unspecified atom stereocenters. The highest BCUT2D eigenvalue weighted by atomic mass is 35.5. The van der Waals surface area contributed by atoms with E-state index in [-0.39, 0.29) is 12.4 Å². The van der Waals surface area contributed by atoms with E-state index in [4.69, 9.17) is 0 Å². The van der Waals surface area contributed by atoms with Crippen LogP contribution in [0.4, 0.5) is 0 Å². The lowest BCUT2D eigenvalue weighted by Crippen LogP contribution is -2.34. The summed E-state index contributed by atoms with van der Waals surface area (Å²) in [6.07, 6.45) is 4.26. The zero-order valence-corrected chi connectivity index (χ0v) is 6.13. The second-order valence-corrected chi connectivity index (χ2v) is 2.19. The molecule has 0 aromatic heterocycles. The van der Waals surface area contributed by atoms with Crippen molar-refractivity contribution in [1.82, 2.24) is 5.32 Å². The molecule has 1 nitrogen and oxygen atoms in total. The molecule has 0 amide bonds. The molecule has 0 aromatic rings. The van der Waals surface area contributed by atoms with E-state index in [1.807, 2.05) is 0 Å². The largest absolute Gasteiger partial charge is 0.314 e. The monoisotopic (exact) mass is 135 g/mol. The molecule has 0 saturated heterocycles. The molecule has 50 valence electrons. The Hall–Kier alpha value is 0.250. The average molecular weight is 136 g/mol. The van der Waals surface area contributed by atoms with E-state index in [0.29, 0.717) is 0 Å². The minimum Gasteiger partial charge on any atom is -0.314 e. The van der Waals surface area contributed by atoms with Crippen LogP contribution in [0.2, 0.25) is 0 Å². The summed E-state index contributed by atoms with van der Waals surface area (Å²) in [5.41, 5.74) is 0. The maximum absolute atomic E-state index is 3.38. The van der Waals surface area contributed by atoms with E-state index >= 15 is 0 Å². The first-order valence-corrected chi connectivity index (χ1v) is 3.17. The van der Waals surface area contributed by atoms with Crippen molar-refractivity contribution < 1.29 is 0 Å². The van der Waals surface area contributed by atoms with Crippen molar-refractivity contribution >= 4 is 12.4 Å². The maximum Gasteiger partial charge on any atom is 0.00669 e. The number of halogens is 1. The Morgan fingerprint density at radius 2 is 2.12 bits per heavy atom. The number of rotatable bonds is 2. The van der Waals surface area contributed by atoms with Gasteiger partial charge in [0, 0.05) is 6.04 Å². The summed E-state index contributed by atoms with van der Waals surface area (Å²) in [6.45, 7) is 3.31. The number of hydrogen-bond acceptors (Lipinski definition) is 1. The van der Waals surface area contributed by atoms with Gasteiger partial charge in [-0.3, -0.25) is 0 Å². The van der Waals surface area contributed by atoms with Crippen LogP contribution in [-0.4, -0.2) is 12.6 Å². The van der Waals surface area contributed by atoms with Gasteiger partial charge in [-0.05, 0) is 19.4 Å². The molecule has 1 aliphatic rings. The summed E-state index contributed by atoms with van der Waals surface area (Å²) in [6, 6.07) is 0.880. The van der Waals surface area contributed by atoms with Gasteiger partial charge < -0.3 is 5.32 Å². The third-order valence-corrected chi connectivity index (χ3v) is 1.60. The van der Waals surface area contributed by atoms with Gasteiger partial charge in [0.1, 0.15) is 0 Å². The first kappa shape index (κ1) is 8.25. The van der Waals surface area contributed by atoms with Crippen molar-refractivity contribution in [2.45, 2.75) is 32.2 Å². The third kappa shape index (κ3) is 2.01. The first-order chi connectivity index (χ1) is 3.43. The van der Waals surface area contributed by atoms with Crippen molar-refractivity contribution in [2.24, 2.45) is 0 Å². The molecule has 0 atom stereocenters. The standard InChI is InChI=1S/C6H13N.ClH/c1-2-7-6-4-3-5-6;/h6-7H,2-5H2,1H3;1H. The summed E-state index contributed by atoms with van der Waals surface area (Å²) in [5, 5.41) is 3.38. The van der Waals surface area contributed by atoms with Crippen LogP contribution in [-0.2, 0) is 0 Å². The van der Waals surface area contributed by atoms with Crippen molar-refractivity contribution in [1.29, 1.82) is 0 Å². The Morgan fingerprint density at radius 3 is 2.25 bits per heavy atom. The lowest BCUT2D eigenvalue weighted by molar-refractivity contribution is 0.346. The Labute approximate surface area is 57.3 Å². The molecule has 0 heterocycles. The Bertz CT molecular complexity index is 52.5. The SMILES string of the molecule is CCNC1CCC1.Cl. The molecule has 2 heteroatoms. The van der Waals surface area contributed by atoms with Crippen LogP contribution in [0.1, 0.15) is 26.2 Å². The molecule has 1 aliphatic carbocycles. The van der Waals surface area contributed by atoms with Crippen LogP contribution in [0, 0.1) is 0 Å². The van der Waals surface area contributed by atoms with Gasteiger partial charge in [0.25, 0.3) is 0 Å². The number of hydrogen-bond donors (Lipinski definition) is 1. The second kappa shape index (κ2) is 4.16. The molecule has 1 N–H and O–H groups in total. The topological polar surface area (TPSA) is 12.0 Å². The van der Waals surface area contributed by atoms with Crippen LogP contribution in [0.15, 0.2) is 0 Å². The lowest BCUT2D eigenvalue weighted by atomic mass is 9.93. The van der Waals surface area contributed by atoms with Crippen LogP contribution in [0.25, 0.3) is 0 Å². The summed E-state index contributed by atoms with van der Waals surface area (Å²) >= 11 is 0. The van der Waals surface area contributed by atoms with E-state index < -0.39 is 0 Å². The molecular weight excluding hydrogens is 122 g/mol. The number of nitrogens with one attached hydrogen (secondary N) is 1. The molecule has 8 heavy (non-hydrogen) atoms. The predicted molar refractivity (Wildman–Crippen MR) is 38.6 cm³/mol. The molecule has 0 spiro atoms. The van der Waals surface area contributed by atoms with Gasteiger partial charge in [0.05, 0.1) is 0 Å². The third-order valence-electron chi connectivity index (χ3n) is 1.60. The summed E-state index contributed by atoms with van der Waals surface area (Å²) in [4.78, 5) is 0. The molecule has 0 aromatic carbocycles. The van der Waals surface area contributed by atoms with Crippen LogP contribution < -0.4 is 5.32 Å². The molecule has 1 saturated carbocycles. The maximum atomic E-state index is 3.38. The van der Waals surface area contributed by atoms with Gasteiger partial charge in [-0.15, -0.1) is 12.4 Å². The Balaban J connectivity index is 0.000000490. The minimum absolute atomic E-state index is 0. The molecule has 0 aliphatic heterocycles. The zero-order valence-electron chi connectivity index (χ0n) is 5.31. The van der Waals surface area contributed by atoms with E-state index in [0.717, 1.165) is 12.6 Å². The molecular formula is C6H14ClN. The van der Waals surface area contributed by atoms with Crippen molar-refractivity contribution in [3.05, 3.63) is 0 Å². The molecule has 0 bridgehead atoms. The first-order valence-electron chi connectivity index (χ1n) is 3.17. The lowest BCUT2D eigenvalue weighted by Gasteiger charge is -2.25. The fraction of sp³-hybridized carbons (Fsp3) is 1.00. The highest BCUT2D eigenvalue weighted by molar-refractivity contribution is 5.85. The van der Waals surface area contributed by atoms with E-state index in [1.165, 1.54) is 19.3 Å². The van der Waals surface area contributed by atoms with Gasteiger partial charge in [-0.2, -0.15) is 0 Å². The van der Waals surface area contributed by atoms with E-state index in [9.17, 15) is 0 Å². The molecule has 0 radical (unpaired) electrons. The van der Waals surface area contributed by atoms with Crippen LogP contribution >= 0.6 is 12.4 Å². The van der Waals surface area contributed by atoms with Gasteiger partial charge in [0.2, 0.25) is 0 Å². The smallest absolute Gasteiger partial charge is 0.00669 e. The fourth-order valence-electron chi connectivity index (χ4n) is 0.901. The normalized spacial score (nSPS) is 19.1. The second-order valence-electron chi connectivity index (χ2n) is 2.19. The van der Waals surface area contributed by atoms with Gasteiger partial charge >= 0.3 is 0 Å². The summed E-state index contributed by atoms with van der Waals surface area (Å²) < 4.78 is 0. The highest BCUT2D eigenvalue weighted by Crippen LogP contribution is 2.17. The zero-order chi connectivity index (χ0) is 5.11. The summed E-state index contributed by atoms with van der Waals surface area (Å²) in [5.74, 6) is 0. The van der Waals surface area contributed by atoms with E-state index in [2.05, 4.69) is 12.2 Å². The average Bonchev–Trinajstić information content (AvgIpc) is 1.55. The fourth-order valence-corrected chi connectivity index (χ4v) is 0.901. The quantitative estimate of drug-likeness (QED) is 0.606. The van der Waals surface area contributed by atoms with Gasteiger partial charge in [0.15, 0.2) is 0 Å². The van der Waals surface area contributed by atoms with Crippen molar-refractivity contribution in [3.8, 4) is 0 Å². The van der Waals surface area contributed by atoms with Crippen LogP contribution in [0.5, 0.6) is 0 Å². The highest BCUT2D eigenvalue weighted by Gasteiger charge is 2.14.